The molecule has 1 heterocycles. The number of nitrogens with zero attached hydrogens (tertiary/aromatic N) is 3. The Morgan fingerprint density at radius 2 is 1.57 bits per heavy atom. The number of para-hydroxylation sites is 2. The zero-order valence-corrected chi connectivity index (χ0v) is 24.9. The highest BCUT2D eigenvalue weighted by molar-refractivity contribution is 5.92. The average molecular weight is 539 g/mol. The number of carbonyl (C=O) groups excluding carboxylic acids is 1. The van der Waals surface area contributed by atoms with Gasteiger partial charge in [0.15, 0.2) is 0 Å². The van der Waals surface area contributed by atoms with Crippen molar-refractivity contribution in [3.05, 3.63) is 99.6 Å². The largest absolute Gasteiger partial charge is 0.322 e. The zero-order valence-electron chi connectivity index (χ0n) is 24.9. The van der Waals surface area contributed by atoms with Crippen LogP contribution in [0.3, 0.4) is 0 Å². The van der Waals surface area contributed by atoms with Crippen LogP contribution in [-0.2, 0) is 0 Å². The summed E-state index contributed by atoms with van der Waals surface area (Å²) >= 11 is 0. The predicted molar refractivity (Wildman–Crippen MR) is 166 cm³/mol. The highest BCUT2D eigenvalue weighted by Crippen LogP contribution is 2.34. The molecule has 1 unspecified atom stereocenters. The molecule has 0 saturated carbocycles. The molecule has 6 heteroatoms. The lowest BCUT2D eigenvalue weighted by atomic mass is 9.92. The Morgan fingerprint density at radius 3 is 2.17 bits per heavy atom. The molecule has 1 N–H and O–H groups in total. The number of hydrogen-bond donors (Lipinski definition) is 1. The molecule has 4 rings (SSSR count). The Balaban J connectivity index is 1.88. The molecule has 0 bridgehead atoms. The van der Waals surface area contributed by atoms with Gasteiger partial charge in [-0.2, -0.15) is 0 Å². The monoisotopic (exact) mass is 538 g/mol. The SMILES string of the molecule is CCCN(C(=O)Nc1c(C(C)C)cccc1C(C)C)C(CC)c1nc2ccccc2c(=O)n1-c1cccc(C)c1. The fraction of sp³-hybridized carbons (Fsp3) is 0.382. The second kappa shape index (κ2) is 12.5. The van der Waals surface area contributed by atoms with Gasteiger partial charge in [-0.25, -0.2) is 9.78 Å². The predicted octanol–water partition coefficient (Wildman–Crippen LogP) is 8.34. The highest BCUT2D eigenvalue weighted by Gasteiger charge is 2.30. The fourth-order valence-electron chi connectivity index (χ4n) is 5.45. The molecule has 0 aliphatic carbocycles. The van der Waals surface area contributed by atoms with Gasteiger partial charge >= 0.3 is 6.03 Å². The molecule has 0 radical (unpaired) electrons. The summed E-state index contributed by atoms with van der Waals surface area (Å²) in [7, 11) is 0. The number of aryl methyl sites for hydroxylation is 1. The molecule has 0 fully saturated rings. The van der Waals surface area contributed by atoms with Gasteiger partial charge in [0, 0.05) is 12.2 Å². The molecule has 3 aromatic carbocycles. The van der Waals surface area contributed by atoms with E-state index in [0.29, 0.717) is 29.7 Å². The van der Waals surface area contributed by atoms with E-state index in [4.69, 9.17) is 4.98 Å². The molecule has 1 aromatic heterocycles. The van der Waals surface area contributed by atoms with E-state index in [-0.39, 0.29) is 23.4 Å². The molecule has 210 valence electrons. The van der Waals surface area contributed by atoms with Crippen LogP contribution in [0.1, 0.15) is 94.8 Å². The number of benzene rings is 3. The maximum absolute atomic E-state index is 14.2. The van der Waals surface area contributed by atoms with E-state index in [1.807, 2.05) is 67.3 Å². The van der Waals surface area contributed by atoms with Crippen molar-refractivity contribution in [3.63, 3.8) is 0 Å². The number of anilines is 1. The number of nitrogens with one attached hydrogen (secondary N) is 1. The van der Waals surface area contributed by atoms with Gasteiger partial charge in [0.2, 0.25) is 0 Å². The Labute approximate surface area is 238 Å². The van der Waals surface area contributed by atoms with E-state index in [1.165, 1.54) is 0 Å². The number of carbonyl (C=O) groups is 1. The van der Waals surface area contributed by atoms with Crippen LogP contribution in [0, 0.1) is 6.92 Å². The maximum atomic E-state index is 14.2. The minimum atomic E-state index is -0.411. The lowest BCUT2D eigenvalue weighted by Crippen LogP contribution is -2.41. The van der Waals surface area contributed by atoms with E-state index in [1.54, 1.807) is 4.57 Å². The first-order valence-corrected chi connectivity index (χ1v) is 14.5. The third-order valence-electron chi connectivity index (χ3n) is 7.45. The molecule has 0 aliphatic rings. The molecule has 4 aromatic rings. The second-order valence-electron chi connectivity index (χ2n) is 11.1. The van der Waals surface area contributed by atoms with Crippen molar-refractivity contribution in [2.24, 2.45) is 0 Å². The minimum absolute atomic E-state index is 0.131. The topological polar surface area (TPSA) is 67.2 Å². The van der Waals surface area contributed by atoms with Crippen LogP contribution in [0.2, 0.25) is 0 Å². The Kier molecular flexibility index (Phi) is 9.08. The van der Waals surface area contributed by atoms with Crippen molar-refractivity contribution in [1.82, 2.24) is 14.5 Å². The van der Waals surface area contributed by atoms with Crippen LogP contribution in [0.15, 0.2) is 71.5 Å². The van der Waals surface area contributed by atoms with Crippen LogP contribution in [0.4, 0.5) is 10.5 Å². The van der Waals surface area contributed by atoms with E-state index >= 15 is 0 Å². The molecule has 40 heavy (non-hydrogen) atoms. The number of rotatable bonds is 9. The number of amides is 2. The van der Waals surface area contributed by atoms with Crippen LogP contribution >= 0.6 is 0 Å². The smallest absolute Gasteiger partial charge is 0.314 e. The normalized spacial score (nSPS) is 12.2. The molecule has 0 saturated heterocycles. The van der Waals surface area contributed by atoms with E-state index in [9.17, 15) is 9.59 Å². The Morgan fingerprint density at radius 1 is 0.925 bits per heavy atom. The van der Waals surface area contributed by atoms with E-state index < -0.39 is 6.04 Å². The van der Waals surface area contributed by atoms with Crippen molar-refractivity contribution in [2.45, 2.75) is 79.2 Å². The lowest BCUT2D eigenvalue weighted by Gasteiger charge is -2.33. The summed E-state index contributed by atoms with van der Waals surface area (Å²) in [6.45, 7) is 15.2. The third-order valence-corrected chi connectivity index (χ3v) is 7.45. The number of hydrogen-bond acceptors (Lipinski definition) is 3. The summed E-state index contributed by atoms with van der Waals surface area (Å²) in [6.07, 6.45) is 1.38. The zero-order chi connectivity index (χ0) is 29.0. The van der Waals surface area contributed by atoms with Crippen molar-refractivity contribution in [2.75, 3.05) is 11.9 Å². The average Bonchev–Trinajstić information content (AvgIpc) is 2.93. The first-order chi connectivity index (χ1) is 19.2. The Bertz CT molecular complexity index is 1530. The first-order valence-electron chi connectivity index (χ1n) is 14.5. The number of urea groups is 1. The van der Waals surface area contributed by atoms with Crippen molar-refractivity contribution in [3.8, 4) is 5.69 Å². The van der Waals surface area contributed by atoms with Crippen molar-refractivity contribution >= 4 is 22.6 Å². The number of aromatic nitrogens is 2. The highest BCUT2D eigenvalue weighted by atomic mass is 16.2. The lowest BCUT2D eigenvalue weighted by molar-refractivity contribution is 0.181. The van der Waals surface area contributed by atoms with Gasteiger partial charge in [-0.05, 0) is 72.6 Å². The van der Waals surface area contributed by atoms with Gasteiger partial charge in [-0.15, -0.1) is 0 Å². The molecule has 1 atom stereocenters. The standard InChI is InChI=1S/C34H42N4O2/c1-8-20-37(34(40)36-31-26(22(3)4)17-13-18-27(31)23(5)6)30(9-2)32-35-29-19-11-10-16-28(29)33(39)38(32)25-15-12-14-24(7)21-25/h10-19,21-23,30H,8-9,20H2,1-7H3,(H,36,40). The van der Waals surface area contributed by atoms with Gasteiger partial charge in [0.25, 0.3) is 5.56 Å². The second-order valence-corrected chi connectivity index (χ2v) is 11.1. The van der Waals surface area contributed by atoms with E-state index in [0.717, 1.165) is 34.5 Å². The molecule has 0 spiro atoms. The quantitative estimate of drug-likeness (QED) is 0.233. The summed E-state index contributed by atoms with van der Waals surface area (Å²) < 4.78 is 1.70. The van der Waals surface area contributed by atoms with Crippen LogP contribution in [-0.4, -0.2) is 27.0 Å². The van der Waals surface area contributed by atoms with Gasteiger partial charge in [-0.3, -0.25) is 9.36 Å². The minimum Gasteiger partial charge on any atom is -0.314 e. The van der Waals surface area contributed by atoms with Crippen LogP contribution in [0.5, 0.6) is 0 Å². The van der Waals surface area contributed by atoms with Gasteiger partial charge < -0.3 is 10.2 Å². The van der Waals surface area contributed by atoms with Gasteiger partial charge in [-0.1, -0.05) is 84.0 Å². The summed E-state index contributed by atoms with van der Waals surface area (Å²) in [5, 5.41) is 3.86. The third kappa shape index (κ3) is 5.81. The van der Waals surface area contributed by atoms with Gasteiger partial charge in [0.1, 0.15) is 5.82 Å². The molecule has 2 amide bonds. The molecular formula is C34H42N4O2. The van der Waals surface area contributed by atoms with Crippen LogP contribution in [0.25, 0.3) is 16.6 Å². The molecular weight excluding hydrogens is 496 g/mol. The first kappa shape index (κ1) is 29.1. The summed E-state index contributed by atoms with van der Waals surface area (Å²) in [5.41, 5.74) is 5.42. The number of fused-ring (bicyclic) bond motifs is 1. The fourth-order valence-corrected chi connectivity index (χ4v) is 5.45. The maximum Gasteiger partial charge on any atom is 0.322 e. The molecule has 0 aliphatic heterocycles. The van der Waals surface area contributed by atoms with Crippen molar-refractivity contribution < 1.29 is 4.79 Å². The Hall–Kier alpha value is -3.93. The summed E-state index contributed by atoms with van der Waals surface area (Å²) in [5.74, 6) is 1.08. The van der Waals surface area contributed by atoms with E-state index in [2.05, 4.69) is 58.1 Å². The van der Waals surface area contributed by atoms with Gasteiger partial charge in [0.05, 0.1) is 22.6 Å². The molecule has 6 nitrogen and oxygen atoms in total. The summed E-state index contributed by atoms with van der Waals surface area (Å²) in [6, 6.07) is 21.0. The van der Waals surface area contributed by atoms with Crippen molar-refractivity contribution in [1.29, 1.82) is 0 Å². The van der Waals surface area contributed by atoms with Crippen LogP contribution < -0.4 is 10.9 Å². The summed E-state index contributed by atoms with van der Waals surface area (Å²) in [4.78, 5) is 35.0.